The van der Waals surface area contributed by atoms with Gasteiger partial charge in [-0.25, -0.2) is 4.57 Å². The Bertz CT molecular complexity index is 1510. The number of hydrogen-bond acceptors (Lipinski definition) is 10. The number of hydrogen-bond donors (Lipinski definition) is 2. The molecule has 0 fully saturated rings. The first-order valence-electron chi connectivity index (χ1n) is 31.2. The molecule has 0 bridgehead atoms. The quantitative estimate of drug-likeness (QED) is 0.0197. The minimum Gasteiger partial charge on any atom is -0.462 e. The minimum atomic E-state index is -4.76. The van der Waals surface area contributed by atoms with Gasteiger partial charge in [-0.1, -0.05) is 261 Å². The molecule has 0 aromatic carbocycles. The summed E-state index contributed by atoms with van der Waals surface area (Å²) in [5, 5.41) is 9.84. The van der Waals surface area contributed by atoms with E-state index in [1.807, 2.05) is 12.2 Å². The van der Waals surface area contributed by atoms with E-state index in [4.69, 9.17) is 23.3 Å². The smallest absolute Gasteiger partial charge is 0.462 e. The Balaban J connectivity index is 4.69. The van der Waals surface area contributed by atoms with Crippen molar-refractivity contribution in [3.8, 4) is 0 Å². The molecule has 0 saturated heterocycles. The number of unbranched alkanes of at least 4 members (excludes halogenated alkanes) is 31. The van der Waals surface area contributed by atoms with E-state index in [2.05, 4.69) is 69.4 Å². The van der Waals surface area contributed by atoms with Gasteiger partial charge in [0.15, 0.2) is 6.10 Å². The topological polar surface area (TPSA) is 155 Å². The zero-order chi connectivity index (χ0) is 55.5. The number of carbonyl (C=O) groups is 3. The molecule has 3 unspecified atom stereocenters. The molecule has 0 amide bonds. The molecule has 11 nitrogen and oxygen atoms in total. The van der Waals surface area contributed by atoms with Crippen LogP contribution in [0.5, 0.6) is 0 Å². The summed E-state index contributed by atoms with van der Waals surface area (Å²) in [7, 11) is -4.76. The van der Waals surface area contributed by atoms with Crippen LogP contribution >= 0.6 is 7.82 Å². The van der Waals surface area contributed by atoms with Crippen LogP contribution in [0.4, 0.5) is 0 Å². The van der Waals surface area contributed by atoms with E-state index in [9.17, 15) is 28.9 Å². The first kappa shape index (κ1) is 73.2. The molecule has 0 aromatic heterocycles. The van der Waals surface area contributed by atoms with Gasteiger partial charge >= 0.3 is 25.7 Å². The fourth-order valence-corrected chi connectivity index (χ4v) is 9.50. The van der Waals surface area contributed by atoms with Crippen LogP contribution in [0.15, 0.2) is 60.8 Å². The third-order valence-corrected chi connectivity index (χ3v) is 14.4. The van der Waals surface area contributed by atoms with E-state index in [-0.39, 0.29) is 25.9 Å². The van der Waals surface area contributed by atoms with Crippen molar-refractivity contribution < 1.29 is 52.2 Å². The summed E-state index contributed by atoms with van der Waals surface area (Å²) in [5.41, 5.74) is 0. The number of carbonyl (C=O) groups excluding carboxylic acids is 3. The predicted molar refractivity (Wildman–Crippen MR) is 316 cm³/mol. The number of ether oxygens (including phenoxy) is 3. The Labute approximate surface area is 465 Å². The van der Waals surface area contributed by atoms with Crippen LogP contribution in [0, 0.1) is 0 Å². The zero-order valence-electron chi connectivity index (χ0n) is 49.0. The Morgan fingerprint density at radius 3 is 1.11 bits per heavy atom. The molecule has 0 heterocycles. The molecule has 0 saturated carbocycles. The van der Waals surface area contributed by atoms with Crippen molar-refractivity contribution >= 4 is 25.7 Å². The number of phosphoric acid groups is 1. The highest BCUT2D eigenvalue weighted by molar-refractivity contribution is 7.47. The van der Waals surface area contributed by atoms with Crippen molar-refractivity contribution in [1.82, 2.24) is 0 Å². The maximum Gasteiger partial charge on any atom is 0.472 e. The van der Waals surface area contributed by atoms with Crippen molar-refractivity contribution in [3.05, 3.63) is 60.8 Å². The second-order valence-electron chi connectivity index (χ2n) is 20.8. The molecule has 0 aromatic rings. The molecule has 0 aliphatic rings. The molecular formula is C64H115O11P. The van der Waals surface area contributed by atoms with Crippen molar-refractivity contribution in [2.24, 2.45) is 0 Å². The van der Waals surface area contributed by atoms with Gasteiger partial charge in [-0.2, -0.15) is 0 Å². The largest absolute Gasteiger partial charge is 0.472 e. The lowest BCUT2D eigenvalue weighted by molar-refractivity contribution is -0.161. The molecule has 12 heteroatoms. The molecule has 442 valence electrons. The highest BCUT2D eigenvalue weighted by Gasteiger charge is 2.28. The summed E-state index contributed by atoms with van der Waals surface area (Å²) >= 11 is 0. The number of rotatable bonds is 58. The zero-order valence-corrected chi connectivity index (χ0v) is 49.9. The third-order valence-electron chi connectivity index (χ3n) is 13.4. The summed E-state index contributed by atoms with van der Waals surface area (Å²) in [6.07, 6.45) is 64.8. The Morgan fingerprint density at radius 1 is 0.382 bits per heavy atom. The number of allylic oxidation sites excluding steroid dienone is 10. The van der Waals surface area contributed by atoms with Gasteiger partial charge in [-0.05, 0) is 70.6 Å². The summed E-state index contributed by atoms with van der Waals surface area (Å²) in [4.78, 5) is 48.6. The number of esters is 3. The van der Waals surface area contributed by atoms with E-state index in [1.54, 1.807) is 0 Å². The summed E-state index contributed by atoms with van der Waals surface area (Å²) in [5.74, 6) is -1.55. The number of aliphatic hydroxyl groups is 1. The Morgan fingerprint density at radius 2 is 0.711 bits per heavy atom. The first-order chi connectivity index (χ1) is 37.2. The van der Waals surface area contributed by atoms with E-state index in [0.29, 0.717) is 19.3 Å². The van der Waals surface area contributed by atoms with E-state index >= 15 is 0 Å². The Hall–Kier alpha value is -2.82. The standard InChI is InChI=1S/C64H115O11P/c1-4-7-10-13-16-19-22-25-27-29-30-32-34-37-40-43-46-49-52-55-64(68)75-61(57-71-62(66)53-50-47-44-41-38-35-24-21-18-15-12-9-6-3)59-73-76(69,70)72-58-60(56-65)74-63(67)54-51-48-45-42-39-36-33-31-28-26-23-20-17-14-11-8-5-2/h9,12,18,21,25,27,35,38,44,47,60-61,65H,4-8,10-11,13-17,19-20,22-24,26,28-34,36-37,39-43,45-46,48-59H2,1-3H3,(H,69,70)/b12-9-,21-18-,27-25-,38-35-,47-44-. The van der Waals surface area contributed by atoms with Crippen LogP contribution in [0.25, 0.3) is 0 Å². The highest BCUT2D eigenvalue weighted by atomic mass is 31.2. The predicted octanol–water partition coefficient (Wildman–Crippen LogP) is 18.7. The van der Waals surface area contributed by atoms with Gasteiger partial charge in [0.25, 0.3) is 0 Å². The molecule has 0 aliphatic carbocycles. The fraction of sp³-hybridized carbons (Fsp3) is 0.797. The van der Waals surface area contributed by atoms with Crippen LogP contribution in [-0.2, 0) is 42.2 Å². The maximum atomic E-state index is 12.9. The maximum absolute atomic E-state index is 12.9. The van der Waals surface area contributed by atoms with Gasteiger partial charge in [0.2, 0.25) is 0 Å². The lowest BCUT2D eigenvalue weighted by Crippen LogP contribution is -2.30. The van der Waals surface area contributed by atoms with Gasteiger partial charge in [0, 0.05) is 19.3 Å². The average molecular weight is 1090 g/mol. The van der Waals surface area contributed by atoms with Gasteiger partial charge < -0.3 is 24.2 Å². The van der Waals surface area contributed by atoms with Crippen LogP contribution < -0.4 is 0 Å². The van der Waals surface area contributed by atoms with Gasteiger partial charge in [0.1, 0.15) is 12.7 Å². The summed E-state index contributed by atoms with van der Waals surface area (Å²) < 4.78 is 39.5. The normalized spacial score (nSPS) is 13.7. The van der Waals surface area contributed by atoms with Gasteiger partial charge in [-0.3, -0.25) is 23.4 Å². The number of phosphoric ester groups is 1. The van der Waals surface area contributed by atoms with Crippen LogP contribution in [-0.4, -0.2) is 66.5 Å². The molecule has 2 N–H and O–H groups in total. The lowest BCUT2D eigenvalue weighted by Gasteiger charge is -2.21. The van der Waals surface area contributed by atoms with Crippen molar-refractivity contribution in [2.45, 2.75) is 303 Å². The highest BCUT2D eigenvalue weighted by Crippen LogP contribution is 2.43. The SMILES string of the molecule is CC/C=C\C/C=C\C/C=C\C/C=C\CCC(=O)OCC(COP(=O)(O)OCC(CO)OC(=O)CCCCCCCCCCCCCCCCCCC)OC(=O)CCCCCCCCCCC/C=C\CCCCCCCC. The number of aliphatic hydroxyl groups excluding tert-OH is 1. The van der Waals surface area contributed by atoms with E-state index in [0.717, 1.165) is 64.2 Å². The van der Waals surface area contributed by atoms with Crippen molar-refractivity contribution in [2.75, 3.05) is 26.4 Å². The second kappa shape index (κ2) is 58.3. The van der Waals surface area contributed by atoms with Crippen molar-refractivity contribution in [1.29, 1.82) is 0 Å². The summed E-state index contributed by atoms with van der Waals surface area (Å²) in [6.45, 7) is 4.49. The molecule has 0 spiro atoms. The molecule has 0 radical (unpaired) electrons. The van der Waals surface area contributed by atoms with E-state index < -0.39 is 57.8 Å². The molecule has 0 aliphatic heterocycles. The minimum absolute atomic E-state index is 0.106. The summed E-state index contributed by atoms with van der Waals surface area (Å²) in [6, 6.07) is 0. The first-order valence-corrected chi connectivity index (χ1v) is 32.7. The third kappa shape index (κ3) is 55.9. The molecule has 76 heavy (non-hydrogen) atoms. The van der Waals surface area contributed by atoms with Crippen molar-refractivity contribution in [3.63, 3.8) is 0 Å². The average Bonchev–Trinajstić information content (AvgIpc) is 3.41. The Kier molecular flexibility index (Phi) is 56.2. The van der Waals surface area contributed by atoms with Crippen LogP contribution in [0.1, 0.15) is 290 Å². The molecular weight excluding hydrogens is 976 g/mol. The fourth-order valence-electron chi connectivity index (χ4n) is 8.72. The van der Waals surface area contributed by atoms with Crippen LogP contribution in [0.3, 0.4) is 0 Å². The molecule has 3 atom stereocenters. The van der Waals surface area contributed by atoms with Gasteiger partial charge in [0.05, 0.1) is 19.8 Å². The van der Waals surface area contributed by atoms with Crippen LogP contribution in [0.2, 0.25) is 0 Å². The monoisotopic (exact) mass is 1090 g/mol. The second-order valence-corrected chi connectivity index (χ2v) is 22.3. The molecule has 0 rings (SSSR count). The van der Waals surface area contributed by atoms with Gasteiger partial charge in [-0.15, -0.1) is 0 Å². The lowest BCUT2D eigenvalue weighted by atomic mass is 10.0. The van der Waals surface area contributed by atoms with E-state index in [1.165, 1.54) is 167 Å².